The standard InChI is InChI=1S/C26H32N2O5S/c1-17(2)24(26(30)33-3)28-16-20-15-19(11-14-23(20)25(28)29)18-9-12-21(13-10-18)27-34(31,32)22-7-5-4-6-8-22/h9-15,17,22,24,27H,4-8,16H2,1-3H3. The Morgan fingerprint density at radius 2 is 1.68 bits per heavy atom. The van der Waals surface area contributed by atoms with Gasteiger partial charge in [-0.3, -0.25) is 9.52 Å². The van der Waals surface area contributed by atoms with Crippen LogP contribution in [0.5, 0.6) is 0 Å². The number of ether oxygens (including phenoxy) is 1. The molecular weight excluding hydrogens is 452 g/mol. The molecule has 182 valence electrons. The molecule has 34 heavy (non-hydrogen) atoms. The van der Waals surface area contributed by atoms with Gasteiger partial charge in [0.1, 0.15) is 6.04 Å². The summed E-state index contributed by atoms with van der Waals surface area (Å²) in [6.45, 7) is 4.14. The largest absolute Gasteiger partial charge is 0.467 e. The lowest BCUT2D eigenvalue weighted by atomic mass is 10.0. The molecule has 0 saturated heterocycles. The molecule has 0 bridgehead atoms. The third-order valence-electron chi connectivity index (χ3n) is 6.82. The van der Waals surface area contributed by atoms with Gasteiger partial charge in [0.25, 0.3) is 5.91 Å². The van der Waals surface area contributed by atoms with Crippen LogP contribution in [0.15, 0.2) is 42.5 Å². The number of sulfonamides is 1. The highest BCUT2D eigenvalue weighted by molar-refractivity contribution is 7.93. The minimum Gasteiger partial charge on any atom is -0.467 e. The van der Waals surface area contributed by atoms with E-state index in [2.05, 4.69) is 4.72 Å². The number of hydrogen-bond acceptors (Lipinski definition) is 5. The number of nitrogens with zero attached hydrogens (tertiary/aromatic N) is 1. The van der Waals surface area contributed by atoms with Crippen molar-refractivity contribution in [1.82, 2.24) is 4.90 Å². The Morgan fingerprint density at radius 1 is 1.03 bits per heavy atom. The monoisotopic (exact) mass is 484 g/mol. The Bertz CT molecular complexity index is 1170. The van der Waals surface area contributed by atoms with Crippen molar-refractivity contribution in [2.75, 3.05) is 11.8 Å². The van der Waals surface area contributed by atoms with E-state index in [1.54, 1.807) is 23.1 Å². The second kappa shape index (κ2) is 9.78. The number of hydrogen-bond donors (Lipinski definition) is 1. The summed E-state index contributed by atoms with van der Waals surface area (Å²) in [5.41, 5.74) is 3.85. The molecule has 1 amide bonds. The Labute approximate surface area is 201 Å². The van der Waals surface area contributed by atoms with E-state index in [0.29, 0.717) is 30.6 Å². The molecule has 0 aromatic heterocycles. The molecule has 1 heterocycles. The average molecular weight is 485 g/mol. The molecule has 1 aliphatic heterocycles. The number of nitrogens with one attached hydrogen (secondary N) is 1. The zero-order valence-electron chi connectivity index (χ0n) is 19.9. The van der Waals surface area contributed by atoms with Crippen LogP contribution in [0.4, 0.5) is 5.69 Å². The highest BCUT2D eigenvalue weighted by atomic mass is 32.2. The first-order valence-corrected chi connectivity index (χ1v) is 13.4. The molecule has 0 spiro atoms. The van der Waals surface area contributed by atoms with Gasteiger partial charge in [0.2, 0.25) is 10.0 Å². The summed E-state index contributed by atoms with van der Waals surface area (Å²) in [7, 11) is -2.05. The number of fused-ring (bicyclic) bond motifs is 1. The lowest BCUT2D eigenvalue weighted by Gasteiger charge is -2.28. The summed E-state index contributed by atoms with van der Waals surface area (Å²) >= 11 is 0. The van der Waals surface area contributed by atoms with Gasteiger partial charge in [-0.25, -0.2) is 13.2 Å². The fraction of sp³-hybridized carbons (Fsp3) is 0.462. The number of rotatable bonds is 7. The van der Waals surface area contributed by atoms with E-state index in [4.69, 9.17) is 4.74 Å². The van der Waals surface area contributed by atoms with Crippen LogP contribution >= 0.6 is 0 Å². The van der Waals surface area contributed by atoms with Gasteiger partial charge in [-0.2, -0.15) is 0 Å². The van der Waals surface area contributed by atoms with Crippen molar-refractivity contribution in [2.45, 2.75) is 63.8 Å². The van der Waals surface area contributed by atoms with Gasteiger partial charge in [0, 0.05) is 17.8 Å². The number of carbonyl (C=O) groups is 2. The molecule has 1 aliphatic carbocycles. The molecule has 1 N–H and O–H groups in total. The highest BCUT2D eigenvalue weighted by Gasteiger charge is 2.38. The molecule has 0 radical (unpaired) electrons. The van der Waals surface area contributed by atoms with E-state index in [9.17, 15) is 18.0 Å². The van der Waals surface area contributed by atoms with Crippen molar-refractivity contribution in [2.24, 2.45) is 5.92 Å². The molecule has 2 aliphatic rings. The quantitative estimate of drug-likeness (QED) is 0.581. The van der Waals surface area contributed by atoms with Crippen molar-refractivity contribution in [3.63, 3.8) is 0 Å². The van der Waals surface area contributed by atoms with E-state index in [-0.39, 0.29) is 17.1 Å². The maximum Gasteiger partial charge on any atom is 0.328 e. The van der Waals surface area contributed by atoms with Crippen molar-refractivity contribution >= 4 is 27.6 Å². The molecular formula is C26H32N2O5S. The van der Waals surface area contributed by atoms with Gasteiger partial charge in [0.15, 0.2) is 0 Å². The minimum atomic E-state index is -3.39. The molecule has 1 unspecified atom stereocenters. The summed E-state index contributed by atoms with van der Waals surface area (Å²) in [6, 6.07) is 12.3. The SMILES string of the molecule is COC(=O)C(C(C)C)N1Cc2cc(-c3ccc(NS(=O)(=O)C4CCCCC4)cc3)ccc2C1=O. The molecule has 1 atom stereocenters. The predicted octanol–water partition coefficient (Wildman–Crippen LogP) is 4.58. The fourth-order valence-electron chi connectivity index (χ4n) is 4.98. The van der Waals surface area contributed by atoms with Crippen LogP contribution in [0.25, 0.3) is 11.1 Å². The fourth-order valence-corrected chi connectivity index (χ4v) is 6.57. The van der Waals surface area contributed by atoms with Crippen molar-refractivity contribution in [3.8, 4) is 11.1 Å². The Kier molecular flexibility index (Phi) is 6.98. The van der Waals surface area contributed by atoms with Crippen LogP contribution in [0.3, 0.4) is 0 Å². The van der Waals surface area contributed by atoms with Crippen LogP contribution < -0.4 is 4.72 Å². The molecule has 8 heteroatoms. The third-order valence-corrected chi connectivity index (χ3v) is 8.69. The van der Waals surface area contributed by atoms with Crippen molar-refractivity contribution in [3.05, 3.63) is 53.6 Å². The zero-order valence-corrected chi connectivity index (χ0v) is 20.7. The summed E-state index contributed by atoms with van der Waals surface area (Å²) in [6.07, 6.45) is 4.45. The van der Waals surface area contributed by atoms with Crippen LogP contribution in [0, 0.1) is 5.92 Å². The van der Waals surface area contributed by atoms with E-state index < -0.39 is 22.0 Å². The molecule has 1 saturated carbocycles. The molecule has 2 aromatic carbocycles. The molecule has 7 nitrogen and oxygen atoms in total. The maximum absolute atomic E-state index is 13.0. The number of carbonyl (C=O) groups excluding carboxylic acids is 2. The maximum atomic E-state index is 13.0. The minimum absolute atomic E-state index is 0.0740. The zero-order chi connectivity index (χ0) is 24.5. The van der Waals surface area contributed by atoms with E-state index >= 15 is 0 Å². The number of methoxy groups -OCH3 is 1. The second-order valence-corrected chi connectivity index (χ2v) is 11.5. The lowest BCUT2D eigenvalue weighted by molar-refractivity contribution is -0.147. The average Bonchev–Trinajstić information content (AvgIpc) is 3.15. The van der Waals surface area contributed by atoms with Crippen molar-refractivity contribution < 1.29 is 22.7 Å². The third kappa shape index (κ3) is 4.82. The normalized spacial score (nSPS) is 17.5. The van der Waals surface area contributed by atoms with E-state index in [0.717, 1.165) is 36.0 Å². The van der Waals surface area contributed by atoms with Gasteiger partial charge < -0.3 is 9.64 Å². The van der Waals surface area contributed by atoms with Gasteiger partial charge in [0.05, 0.1) is 12.4 Å². The lowest BCUT2D eigenvalue weighted by Crippen LogP contribution is -2.45. The predicted molar refractivity (Wildman–Crippen MR) is 132 cm³/mol. The molecule has 1 fully saturated rings. The first-order chi connectivity index (χ1) is 16.2. The van der Waals surface area contributed by atoms with E-state index in [1.807, 2.05) is 38.1 Å². The molecule has 4 rings (SSSR count). The topological polar surface area (TPSA) is 92.8 Å². The summed E-state index contributed by atoms with van der Waals surface area (Å²) in [4.78, 5) is 26.8. The van der Waals surface area contributed by atoms with Gasteiger partial charge in [-0.05, 0) is 59.7 Å². The first kappa shape index (κ1) is 24.3. The van der Waals surface area contributed by atoms with Gasteiger partial charge in [-0.1, -0.05) is 51.3 Å². The Balaban J connectivity index is 1.51. The van der Waals surface area contributed by atoms with Crippen LogP contribution in [0.2, 0.25) is 0 Å². The first-order valence-electron chi connectivity index (χ1n) is 11.8. The van der Waals surface area contributed by atoms with Crippen molar-refractivity contribution in [1.29, 1.82) is 0 Å². The Hall–Kier alpha value is -2.87. The number of anilines is 1. The number of esters is 1. The van der Waals surface area contributed by atoms with Crippen LogP contribution in [0.1, 0.15) is 61.9 Å². The second-order valence-electron chi connectivity index (χ2n) is 9.50. The Morgan fingerprint density at radius 3 is 2.29 bits per heavy atom. The van der Waals surface area contributed by atoms with Gasteiger partial charge in [-0.15, -0.1) is 0 Å². The van der Waals surface area contributed by atoms with Gasteiger partial charge >= 0.3 is 5.97 Å². The number of amides is 1. The highest BCUT2D eigenvalue weighted by Crippen LogP contribution is 2.32. The molecule has 2 aromatic rings. The van der Waals surface area contributed by atoms with Crippen LogP contribution in [-0.2, 0) is 26.1 Å². The summed E-state index contributed by atoms with van der Waals surface area (Å²) in [5, 5.41) is -0.322. The smallest absolute Gasteiger partial charge is 0.328 e. The summed E-state index contributed by atoms with van der Waals surface area (Å²) < 4.78 is 33.0. The number of benzene rings is 2. The van der Waals surface area contributed by atoms with Crippen LogP contribution in [-0.4, -0.2) is 43.6 Å². The summed E-state index contributed by atoms with van der Waals surface area (Å²) in [5.74, 6) is -0.657. The van der Waals surface area contributed by atoms with E-state index in [1.165, 1.54) is 7.11 Å².